The third-order valence-electron chi connectivity index (χ3n) is 1.07. The molecule has 0 aliphatic carbocycles. The maximum atomic E-state index is 10.0. The van der Waals surface area contributed by atoms with Gasteiger partial charge in [0.2, 0.25) is 0 Å². The van der Waals surface area contributed by atoms with Gasteiger partial charge >= 0.3 is 23.9 Å². The van der Waals surface area contributed by atoms with Gasteiger partial charge in [-0.3, -0.25) is 0 Å². The number of carbonyl (C=O) groups excluding carboxylic acids is 4. The third-order valence-corrected chi connectivity index (χ3v) is 1.07. The molecule has 8 heteroatoms. The Morgan fingerprint density at radius 1 is 0.500 bits per heavy atom. The predicted molar refractivity (Wildman–Crippen MR) is 48.1 cm³/mol. The van der Waals surface area contributed by atoms with Crippen molar-refractivity contribution < 1.29 is 38.1 Å². The maximum Gasteiger partial charge on any atom is 0.417 e. The maximum absolute atomic E-state index is 10.0. The Balaban J connectivity index is 0. The number of carbonyl (C=O) groups is 4. The standard InChI is InChI=1S/2C4H6O4/c2*1-7-3(5)4(6)8-2/h2*1-2H3. The predicted octanol–water partition coefficient (Wildman–Crippen LogP) is -1.34. The second-order valence-corrected chi connectivity index (χ2v) is 1.97. The Labute approximate surface area is 91.4 Å². The van der Waals surface area contributed by atoms with Gasteiger partial charge < -0.3 is 18.9 Å². The van der Waals surface area contributed by atoms with E-state index in [1.165, 1.54) is 0 Å². The number of ether oxygens (including phenoxy) is 4. The first-order valence-corrected chi connectivity index (χ1v) is 3.77. The fraction of sp³-hybridized carbons (Fsp3) is 0.500. The molecule has 0 saturated heterocycles. The van der Waals surface area contributed by atoms with Crippen molar-refractivity contribution >= 4 is 23.9 Å². The minimum atomic E-state index is -0.979. The SMILES string of the molecule is COC(=O)C(=O)OC.COC(=O)C(=O)OC. The fourth-order valence-corrected chi connectivity index (χ4v) is 0.333. The molecule has 0 amide bonds. The summed E-state index contributed by atoms with van der Waals surface area (Å²) in [4.78, 5) is 40.2. The molecule has 8 nitrogen and oxygen atoms in total. The van der Waals surface area contributed by atoms with Crippen molar-refractivity contribution in [2.75, 3.05) is 28.4 Å². The summed E-state index contributed by atoms with van der Waals surface area (Å²) in [7, 11) is 4.44. The van der Waals surface area contributed by atoms with Crippen LogP contribution in [-0.4, -0.2) is 52.3 Å². The van der Waals surface area contributed by atoms with Crippen molar-refractivity contribution in [1.82, 2.24) is 0 Å². The van der Waals surface area contributed by atoms with E-state index < -0.39 is 23.9 Å². The molecule has 0 aliphatic heterocycles. The quantitative estimate of drug-likeness (QED) is 0.289. The lowest BCUT2D eigenvalue weighted by Crippen LogP contribution is -2.16. The first-order valence-electron chi connectivity index (χ1n) is 3.77. The van der Waals surface area contributed by atoms with Crippen molar-refractivity contribution in [1.29, 1.82) is 0 Å². The Hall–Kier alpha value is -2.12. The topological polar surface area (TPSA) is 105 Å². The zero-order valence-electron chi connectivity index (χ0n) is 9.27. The summed E-state index contributed by atoms with van der Waals surface area (Å²) in [6.07, 6.45) is 0. The minimum absolute atomic E-state index is 0.979. The van der Waals surface area contributed by atoms with Crippen LogP contribution in [0, 0.1) is 0 Å². The Morgan fingerprint density at radius 2 is 0.625 bits per heavy atom. The molecule has 0 unspecified atom stereocenters. The summed E-state index contributed by atoms with van der Waals surface area (Å²) in [5.74, 6) is -3.92. The molecule has 0 heterocycles. The Bertz CT molecular complexity index is 213. The molecule has 0 atom stereocenters. The van der Waals surface area contributed by atoms with E-state index in [1.54, 1.807) is 0 Å². The van der Waals surface area contributed by atoms with Crippen molar-refractivity contribution in [2.45, 2.75) is 0 Å². The van der Waals surface area contributed by atoms with E-state index in [-0.39, 0.29) is 0 Å². The Morgan fingerprint density at radius 3 is 0.688 bits per heavy atom. The highest BCUT2D eigenvalue weighted by Crippen LogP contribution is 1.76. The van der Waals surface area contributed by atoms with E-state index >= 15 is 0 Å². The highest BCUT2D eigenvalue weighted by Gasteiger charge is 2.12. The largest absolute Gasteiger partial charge is 0.461 e. The average Bonchev–Trinajstić information content (AvgIpc) is 2.35. The van der Waals surface area contributed by atoms with Crippen LogP contribution in [0.3, 0.4) is 0 Å². The lowest BCUT2D eigenvalue weighted by Gasteiger charge is -1.92. The second-order valence-electron chi connectivity index (χ2n) is 1.97. The lowest BCUT2D eigenvalue weighted by atomic mass is 10.7. The van der Waals surface area contributed by atoms with E-state index in [0.29, 0.717) is 0 Å². The van der Waals surface area contributed by atoms with E-state index in [1.807, 2.05) is 0 Å². The molecule has 0 bridgehead atoms. The van der Waals surface area contributed by atoms with Crippen LogP contribution in [0.2, 0.25) is 0 Å². The van der Waals surface area contributed by atoms with E-state index in [0.717, 1.165) is 28.4 Å². The third kappa shape index (κ3) is 7.30. The molecule has 0 fully saturated rings. The fourth-order valence-electron chi connectivity index (χ4n) is 0.333. The first kappa shape index (κ1) is 16.3. The van der Waals surface area contributed by atoms with Crippen LogP contribution >= 0.6 is 0 Å². The van der Waals surface area contributed by atoms with Crippen LogP contribution in [0.1, 0.15) is 0 Å². The summed E-state index contributed by atoms with van der Waals surface area (Å²) < 4.78 is 16.0. The van der Waals surface area contributed by atoms with Gasteiger partial charge in [0.1, 0.15) is 0 Å². The van der Waals surface area contributed by atoms with Gasteiger partial charge in [0, 0.05) is 0 Å². The van der Waals surface area contributed by atoms with Crippen LogP contribution in [0.5, 0.6) is 0 Å². The highest BCUT2D eigenvalue weighted by atomic mass is 16.6. The molecular weight excluding hydrogens is 224 g/mol. The van der Waals surface area contributed by atoms with Crippen molar-refractivity contribution in [3.05, 3.63) is 0 Å². The monoisotopic (exact) mass is 236 g/mol. The summed E-state index contributed by atoms with van der Waals surface area (Å²) in [5.41, 5.74) is 0. The van der Waals surface area contributed by atoms with Gasteiger partial charge in [0.05, 0.1) is 28.4 Å². The van der Waals surface area contributed by atoms with E-state index in [9.17, 15) is 19.2 Å². The minimum Gasteiger partial charge on any atom is -0.461 e. The number of rotatable bonds is 0. The molecule has 0 spiro atoms. The molecule has 16 heavy (non-hydrogen) atoms. The molecule has 0 radical (unpaired) electrons. The molecule has 0 aromatic heterocycles. The van der Waals surface area contributed by atoms with Crippen LogP contribution in [-0.2, 0) is 38.1 Å². The average molecular weight is 236 g/mol. The molecular formula is C8H12O8. The smallest absolute Gasteiger partial charge is 0.417 e. The van der Waals surface area contributed by atoms with Gasteiger partial charge in [-0.2, -0.15) is 0 Å². The molecule has 0 N–H and O–H groups in total. The van der Waals surface area contributed by atoms with Crippen LogP contribution in [0.15, 0.2) is 0 Å². The molecule has 0 rings (SSSR count). The zero-order chi connectivity index (χ0) is 13.1. The summed E-state index contributed by atoms with van der Waals surface area (Å²) in [6, 6.07) is 0. The van der Waals surface area contributed by atoms with E-state index in [2.05, 4.69) is 18.9 Å². The summed E-state index contributed by atoms with van der Waals surface area (Å²) in [6.45, 7) is 0. The summed E-state index contributed by atoms with van der Waals surface area (Å²) >= 11 is 0. The van der Waals surface area contributed by atoms with Gasteiger partial charge in [-0.05, 0) is 0 Å². The van der Waals surface area contributed by atoms with Crippen LogP contribution < -0.4 is 0 Å². The number of hydrogen-bond donors (Lipinski definition) is 0. The zero-order valence-corrected chi connectivity index (χ0v) is 9.27. The lowest BCUT2D eigenvalue weighted by molar-refractivity contribution is -0.164. The molecule has 0 aromatic rings. The van der Waals surface area contributed by atoms with Gasteiger partial charge in [-0.25, -0.2) is 19.2 Å². The van der Waals surface area contributed by atoms with Gasteiger partial charge in [0.15, 0.2) is 0 Å². The molecule has 0 aromatic carbocycles. The van der Waals surface area contributed by atoms with Gasteiger partial charge in [-0.1, -0.05) is 0 Å². The Kier molecular flexibility index (Phi) is 9.62. The van der Waals surface area contributed by atoms with Crippen molar-refractivity contribution in [3.63, 3.8) is 0 Å². The van der Waals surface area contributed by atoms with Crippen molar-refractivity contribution in [2.24, 2.45) is 0 Å². The molecule has 0 aliphatic rings. The number of esters is 4. The molecule has 92 valence electrons. The second kappa shape index (κ2) is 9.44. The van der Waals surface area contributed by atoms with Crippen molar-refractivity contribution in [3.8, 4) is 0 Å². The molecule has 0 saturated carbocycles. The number of hydrogen-bond acceptors (Lipinski definition) is 8. The van der Waals surface area contributed by atoms with Gasteiger partial charge in [-0.15, -0.1) is 0 Å². The van der Waals surface area contributed by atoms with Crippen LogP contribution in [0.4, 0.5) is 0 Å². The normalized spacial score (nSPS) is 7.75. The summed E-state index contributed by atoms with van der Waals surface area (Å²) in [5, 5.41) is 0. The highest BCUT2D eigenvalue weighted by molar-refractivity contribution is 6.29. The van der Waals surface area contributed by atoms with Gasteiger partial charge in [0.25, 0.3) is 0 Å². The van der Waals surface area contributed by atoms with Crippen LogP contribution in [0.25, 0.3) is 0 Å². The first-order chi connectivity index (χ1) is 7.44. The number of methoxy groups -OCH3 is 4. The van der Waals surface area contributed by atoms with E-state index in [4.69, 9.17) is 0 Å².